The summed E-state index contributed by atoms with van der Waals surface area (Å²) in [4.78, 5) is 0. The van der Waals surface area contributed by atoms with Crippen LogP contribution in [0.4, 0.5) is 0 Å². The van der Waals surface area contributed by atoms with Crippen molar-refractivity contribution < 1.29 is 9.47 Å². The first kappa shape index (κ1) is 11.2. The molecule has 0 bridgehead atoms. The first-order valence-corrected chi connectivity index (χ1v) is 4.76. The van der Waals surface area contributed by atoms with Gasteiger partial charge in [0.25, 0.3) is 0 Å². The van der Waals surface area contributed by atoms with E-state index in [2.05, 4.69) is 26.0 Å². The predicted molar refractivity (Wildman–Crippen MR) is 57.3 cm³/mol. The lowest BCUT2D eigenvalue weighted by Gasteiger charge is -2.11. The van der Waals surface area contributed by atoms with Gasteiger partial charge in [-0.3, -0.25) is 0 Å². The normalized spacial score (nSPS) is 10.6. The molecule has 0 unspecified atom stereocenters. The molecule has 0 saturated heterocycles. The van der Waals surface area contributed by atoms with Crippen LogP contribution in [-0.2, 0) is 22.7 Å². The molecule has 0 radical (unpaired) electrons. The molecule has 0 fully saturated rings. The summed E-state index contributed by atoms with van der Waals surface area (Å²) in [7, 11) is 3.44. The molecule has 2 nitrogen and oxygen atoms in total. The summed E-state index contributed by atoms with van der Waals surface area (Å²) in [6, 6.07) is 4.33. The van der Waals surface area contributed by atoms with Crippen molar-refractivity contribution >= 4 is 0 Å². The molecule has 0 aliphatic heterocycles. The van der Waals surface area contributed by atoms with Gasteiger partial charge in [0.1, 0.15) is 0 Å². The number of hydrogen-bond donors (Lipinski definition) is 0. The average Bonchev–Trinajstić information content (AvgIpc) is 2.14. The van der Waals surface area contributed by atoms with Crippen LogP contribution in [0.2, 0.25) is 0 Å². The molecule has 0 heterocycles. The van der Waals surface area contributed by atoms with Crippen LogP contribution in [0.5, 0.6) is 0 Å². The molecule has 1 rings (SSSR count). The molecule has 1 aromatic rings. The van der Waals surface area contributed by atoms with Gasteiger partial charge in [0.05, 0.1) is 13.2 Å². The molecule has 2 heteroatoms. The topological polar surface area (TPSA) is 18.5 Å². The van der Waals surface area contributed by atoms with Gasteiger partial charge in [0.15, 0.2) is 0 Å². The third-order valence-corrected chi connectivity index (χ3v) is 2.37. The fraction of sp³-hybridized carbons (Fsp3) is 0.500. The lowest BCUT2D eigenvalue weighted by Crippen LogP contribution is -1.99. The van der Waals surface area contributed by atoms with Gasteiger partial charge in [-0.1, -0.05) is 17.7 Å². The van der Waals surface area contributed by atoms with Crippen LogP contribution in [0.3, 0.4) is 0 Å². The summed E-state index contributed by atoms with van der Waals surface area (Å²) in [5, 5.41) is 0. The molecule has 0 atom stereocenters. The first-order valence-electron chi connectivity index (χ1n) is 4.76. The Morgan fingerprint density at radius 2 is 1.36 bits per heavy atom. The fourth-order valence-corrected chi connectivity index (χ4v) is 1.62. The monoisotopic (exact) mass is 194 g/mol. The Morgan fingerprint density at radius 1 is 0.929 bits per heavy atom. The van der Waals surface area contributed by atoms with Crippen LogP contribution < -0.4 is 0 Å². The molecule has 0 saturated carbocycles. The maximum atomic E-state index is 5.16. The predicted octanol–water partition coefficient (Wildman–Crippen LogP) is 2.60. The van der Waals surface area contributed by atoms with Crippen LogP contribution >= 0.6 is 0 Å². The summed E-state index contributed by atoms with van der Waals surface area (Å²) in [5.41, 5.74) is 5.04. The summed E-state index contributed by atoms with van der Waals surface area (Å²) in [6.45, 7) is 5.55. The highest BCUT2D eigenvalue weighted by atomic mass is 16.5. The van der Waals surface area contributed by atoms with Crippen molar-refractivity contribution in [3.05, 3.63) is 34.4 Å². The highest BCUT2D eigenvalue weighted by molar-refractivity contribution is 5.37. The second-order valence-corrected chi connectivity index (χ2v) is 3.57. The van der Waals surface area contributed by atoms with Gasteiger partial charge >= 0.3 is 0 Å². The van der Waals surface area contributed by atoms with E-state index in [1.54, 1.807) is 14.2 Å². The Bertz CT molecular complexity index is 278. The number of rotatable bonds is 4. The van der Waals surface area contributed by atoms with Crippen LogP contribution in [0.15, 0.2) is 12.1 Å². The standard InChI is InChI=1S/C12H18O2/c1-9-5-11(7-13-3)10(2)12(6-9)8-14-4/h5-6H,7-8H2,1-4H3. The molecule has 0 spiro atoms. The van der Waals surface area contributed by atoms with Gasteiger partial charge in [-0.2, -0.15) is 0 Å². The van der Waals surface area contributed by atoms with Gasteiger partial charge in [-0.05, 0) is 30.5 Å². The van der Waals surface area contributed by atoms with Crippen LogP contribution in [0, 0.1) is 13.8 Å². The van der Waals surface area contributed by atoms with Crippen molar-refractivity contribution in [2.45, 2.75) is 27.1 Å². The lowest BCUT2D eigenvalue weighted by molar-refractivity contribution is 0.179. The van der Waals surface area contributed by atoms with E-state index in [-0.39, 0.29) is 0 Å². The Labute approximate surface area is 85.8 Å². The smallest absolute Gasteiger partial charge is 0.0715 e. The molecular formula is C12H18O2. The summed E-state index contributed by atoms with van der Waals surface area (Å²) in [6.07, 6.45) is 0. The zero-order valence-corrected chi connectivity index (χ0v) is 9.39. The second-order valence-electron chi connectivity index (χ2n) is 3.57. The second kappa shape index (κ2) is 5.13. The van der Waals surface area contributed by atoms with Gasteiger partial charge < -0.3 is 9.47 Å². The third-order valence-electron chi connectivity index (χ3n) is 2.37. The Kier molecular flexibility index (Phi) is 4.11. The third kappa shape index (κ3) is 2.56. The average molecular weight is 194 g/mol. The van der Waals surface area contributed by atoms with Crippen LogP contribution in [0.25, 0.3) is 0 Å². The lowest BCUT2D eigenvalue weighted by atomic mass is 10.00. The molecule has 0 amide bonds. The number of methoxy groups -OCH3 is 2. The molecule has 0 aromatic heterocycles. The van der Waals surface area contributed by atoms with Crippen molar-refractivity contribution in [1.29, 1.82) is 0 Å². The van der Waals surface area contributed by atoms with E-state index in [4.69, 9.17) is 9.47 Å². The van der Waals surface area contributed by atoms with Crippen LogP contribution in [0.1, 0.15) is 22.3 Å². The first-order chi connectivity index (χ1) is 6.69. The number of benzene rings is 1. The Hall–Kier alpha value is -0.860. The highest BCUT2D eigenvalue weighted by Crippen LogP contribution is 2.18. The maximum Gasteiger partial charge on any atom is 0.0715 e. The maximum absolute atomic E-state index is 5.16. The SMILES string of the molecule is COCc1cc(C)cc(COC)c1C. The molecule has 1 aromatic carbocycles. The quantitative estimate of drug-likeness (QED) is 0.733. The zero-order chi connectivity index (χ0) is 10.6. The molecule has 0 N–H and O–H groups in total. The minimum atomic E-state index is 0.671. The largest absolute Gasteiger partial charge is 0.380 e. The van der Waals surface area contributed by atoms with E-state index in [1.165, 1.54) is 22.3 Å². The van der Waals surface area contributed by atoms with E-state index in [0.717, 1.165) is 0 Å². The minimum Gasteiger partial charge on any atom is -0.380 e. The number of aryl methyl sites for hydroxylation is 1. The van der Waals surface area contributed by atoms with Crippen molar-refractivity contribution in [3.8, 4) is 0 Å². The van der Waals surface area contributed by atoms with E-state index < -0.39 is 0 Å². The Balaban J connectivity index is 3.04. The van der Waals surface area contributed by atoms with E-state index >= 15 is 0 Å². The van der Waals surface area contributed by atoms with Gasteiger partial charge in [-0.15, -0.1) is 0 Å². The van der Waals surface area contributed by atoms with E-state index in [9.17, 15) is 0 Å². The van der Waals surface area contributed by atoms with Crippen molar-refractivity contribution in [2.24, 2.45) is 0 Å². The van der Waals surface area contributed by atoms with Gasteiger partial charge in [0.2, 0.25) is 0 Å². The van der Waals surface area contributed by atoms with Crippen molar-refractivity contribution in [2.75, 3.05) is 14.2 Å². The highest BCUT2D eigenvalue weighted by Gasteiger charge is 2.05. The molecular weight excluding hydrogens is 176 g/mol. The number of hydrogen-bond acceptors (Lipinski definition) is 2. The zero-order valence-electron chi connectivity index (χ0n) is 9.39. The van der Waals surface area contributed by atoms with Crippen molar-refractivity contribution in [1.82, 2.24) is 0 Å². The summed E-state index contributed by atoms with van der Waals surface area (Å²) in [5.74, 6) is 0. The minimum absolute atomic E-state index is 0.671. The molecule has 0 aliphatic carbocycles. The Morgan fingerprint density at radius 3 is 1.71 bits per heavy atom. The molecule has 78 valence electrons. The van der Waals surface area contributed by atoms with E-state index in [0.29, 0.717) is 13.2 Å². The number of ether oxygens (including phenoxy) is 2. The van der Waals surface area contributed by atoms with Gasteiger partial charge in [-0.25, -0.2) is 0 Å². The summed E-state index contributed by atoms with van der Waals surface area (Å²) < 4.78 is 10.3. The van der Waals surface area contributed by atoms with Crippen LogP contribution in [-0.4, -0.2) is 14.2 Å². The van der Waals surface area contributed by atoms with Gasteiger partial charge in [0, 0.05) is 14.2 Å². The fourth-order valence-electron chi connectivity index (χ4n) is 1.62. The van der Waals surface area contributed by atoms with E-state index in [1.807, 2.05) is 0 Å². The molecule has 0 aliphatic rings. The van der Waals surface area contributed by atoms with Crippen molar-refractivity contribution in [3.63, 3.8) is 0 Å². The molecule has 14 heavy (non-hydrogen) atoms. The summed E-state index contributed by atoms with van der Waals surface area (Å²) >= 11 is 0.